The predicted molar refractivity (Wildman–Crippen MR) is 78.4 cm³/mol. The fourth-order valence-corrected chi connectivity index (χ4v) is 1.48. The number of pyridine rings is 1. The summed E-state index contributed by atoms with van der Waals surface area (Å²) in [5.41, 5.74) is 4.48. The Balaban J connectivity index is 2.32. The van der Waals surface area contributed by atoms with E-state index in [0.29, 0.717) is 0 Å². The van der Waals surface area contributed by atoms with Gasteiger partial charge in [-0.1, -0.05) is 36.4 Å². The first-order valence-electron chi connectivity index (χ1n) is 6.20. The first-order chi connectivity index (χ1) is 8.58. The van der Waals surface area contributed by atoms with Gasteiger partial charge in [-0.15, -0.1) is 0 Å². The molecule has 0 saturated heterocycles. The Morgan fingerprint density at radius 2 is 2.17 bits per heavy atom. The molecule has 2 nitrogen and oxygen atoms in total. The fourth-order valence-electron chi connectivity index (χ4n) is 1.48. The molecule has 1 aromatic heterocycles. The quantitative estimate of drug-likeness (QED) is 0.772. The molecule has 0 aliphatic carbocycles. The average molecular weight is 242 g/mol. The number of rotatable bonds is 6. The summed E-state index contributed by atoms with van der Waals surface area (Å²) in [7, 11) is 0. The van der Waals surface area contributed by atoms with E-state index in [9.17, 15) is 0 Å². The zero-order valence-electron chi connectivity index (χ0n) is 11.5. The van der Waals surface area contributed by atoms with Crippen LogP contribution < -0.4 is 5.32 Å². The van der Waals surface area contributed by atoms with Gasteiger partial charge in [0.05, 0.1) is 5.69 Å². The van der Waals surface area contributed by atoms with E-state index >= 15 is 0 Å². The Bertz CT molecular complexity index is 452. The van der Waals surface area contributed by atoms with Crippen LogP contribution in [0.4, 0.5) is 0 Å². The molecule has 1 N–H and O–H groups in total. The van der Waals surface area contributed by atoms with Crippen molar-refractivity contribution in [3.63, 3.8) is 0 Å². The number of aryl methyl sites for hydroxylation is 1. The van der Waals surface area contributed by atoms with E-state index in [1.165, 1.54) is 5.57 Å². The molecular weight excluding hydrogens is 220 g/mol. The van der Waals surface area contributed by atoms with E-state index in [0.717, 1.165) is 30.1 Å². The van der Waals surface area contributed by atoms with Gasteiger partial charge in [-0.25, -0.2) is 0 Å². The van der Waals surface area contributed by atoms with Crippen molar-refractivity contribution in [2.24, 2.45) is 0 Å². The van der Waals surface area contributed by atoms with Crippen molar-refractivity contribution >= 4 is 0 Å². The normalized spacial score (nSPS) is 10.6. The molecular formula is C16H22N2. The van der Waals surface area contributed by atoms with Crippen LogP contribution in [0, 0.1) is 6.92 Å². The van der Waals surface area contributed by atoms with Crippen LogP contribution in [0.15, 0.2) is 54.2 Å². The van der Waals surface area contributed by atoms with E-state index in [-0.39, 0.29) is 0 Å². The third kappa shape index (κ3) is 6.16. The maximum atomic E-state index is 4.44. The third-order valence-corrected chi connectivity index (χ3v) is 2.37. The maximum Gasteiger partial charge on any atom is 0.0544 e. The Hall–Kier alpha value is -1.67. The predicted octanol–water partition coefficient (Wildman–Crippen LogP) is 3.56. The lowest BCUT2D eigenvalue weighted by molar-refractivity contribution is 0.727. The van der Waals surface area contributed by atoms with Crippen molar-refractivity contribution in [1.82, 2.24) is 10.3 Å². The summed E-state index contributed by atoms with van der Waals surface area (Å²) in [6.45, 7) is 11.7. The lowest BCUT2D eigenvalue weighted by Crippen LogP contribution is -2.16. The molecule has 1 aromatic rings. The summed E-state index contributed by atoms with van der Waals surface area (Å²) >= 11 is 0. The second kappa shape index (κ2) is 7.62. The van der Waals surface area contributed by atoms with Crippen molar-refractivity contribution in [2.75, 3.05) is 6.54 Å². The van der Waals surface area contributed by atoms with Gasteiger partial charge >= 0.3 is 0 Å². The summed E-state index contributed by atoms with van der Waals surface area (Å²) in [6.07, 6.45) is 6.14. The molecule has 0 atom stereocenters. The summed E-state index contributed by atoms with van der Waals surface area (Å²) in [4.78, 5) is 4.44. The van der Waals surface area contributed by atoms with Crippen LogP contribution in [-0.4, -0.2) is 11.5 Å². The molecule has 0 fully saturated rings. The Kier molecular flexibility index (Phi) is 6.09. The number of hydrogen-bond donors (Lipinski definition) is 1. The van der Waals surface area contributed by atoms with Crippen molar-refractivity contribution in [3.05, 3.63) is 65.5 Å². The molecule has 1 rings (SSSR count). The van der Waals surface area contributed by atoms with Gasteiger partial charge in [0, 0.05) is 18.8 Å². The zero-order valence-corrected chi connectivity index (χ0v) is 11.5. The van der Waals surface area contributed by atoms with Gasteiger partial charge in [-0.05, 0) is 38.5 Å². The Morgan fingerprint density at radius 1 is 1.39 bits per heavy atom. The molecule has 0 radical (unpaired) electrons. The van der Waals surface area contributed by atoms with Gasteiger partial charge in [-0.3, -0.25) is 4.98 Å². The molecule has 0 aliphatic rings. The van der Waals surface area contributed by atoms with Gasteiger partial charge < -0.3 is 5.32 Å². The summed E-state index contributed by atoms with van der Waals surface area (Å²) in [6, 6.07) is 6.06. The van der Waals surface area contributed by atoms with Crippen LogP contribution in [0.1, 0.15) is 25.2 Å². The lowest BCUT2D eigenvalue weighted by Gasteiger charge is -2.04. The molecule has 96 valence electrons. The van der Waals surface area contributed by atoms with Crippen LogP contribution in [0.25, 0.3) is 0 Å². The average Bonchev–Trinajstić information content (AvgIpc) is 2.28. The summed E-state index contributed by atoms with van der Waals surface area (Å²) in [5, 5.41) is 3.33. The van der Waals surface area contributed by atoms with Gasteiger partial charge in [0.25, 0.3) is 0 Å². The number of hydrogen-bond acceptors (Lipinski definition) is 2. The Morgan fingerprint density at radius 3 is 2.83 bits per heavy atom. The van der Waals surface area contributed by atoms with Crippen molar-refractivity contribution in [1.29, 1.82) is 0 Å². The second-order valence-corrected chi connectivity index (χ2v) is 4.64. The van der Waals surface area contributed by atoms with Crippen molar-refractivity contribution in [3.8, 4) is 0 Å². The number of aromatic nitrogens is 1. The summed E-state index contributed by atoms with van der Waals surface area (Å²) < 4.78 is 0. The molecule has 1 heterocycles. The van der Waals surface area contributed by atoms with Gasteiger partial charge in [0.2, 0.25) is 0 Å². The number of nitrogens with zero attached hydrogens (tertiary/aromatic N) is 1. The molecule has 0 bridgehead atoms. The molecule has 0 aliphatic heterocycles. The van der Waals surface area contributed by atoms with E-state index in [2.05, 4.69) is 36.8 Å². The first-order valence-corrected chi connectivity index (χ1v) is 6.20. The SMILES string of the molecule is C=C(/C=C\C=C(C)C)CNCc1cccc(C)n1. The van der Waals surface area contributed by atoms with Crippen molar-refractivity contribution in [2.45, 2.75) is 27.3 Å². The largest absolute Gasteiger partial charge is 0.307 e. The monoisotopic (exact) mass is 242 g/mol. The highest BCUT2D eigenvalue weighted by Gasteiger charge is 1.94. The topological polar surface area (TPSA) is 24.9 Å². The smallest absolute Gasteiger partial charge is 0.0544 e. The Labute approximate surface area is 110 Å². The van der Waals surface area contributed by atoms with E-state index in [1.54, 1.807) is 0 Å². The molecule has 18 heavy (non-hydrogen) atoms. The van der Waals surface area contributed by atoms with E-state index < -0.39 is 0 Å². The van der Waals surface area contributed by atoms with Crippen LogP contribution in [0.3, 0.4) is 0 Å². The van der Waals surface area contributed by atoms with Gasteiger partial charge in [0.1, 0.15) is 0 Å². The highest BCUT2D eigenvalue weighted by Crippen LogP contribution is 1.99. The maximum absolute atomic E-state index is 4.44. The standard InChI is InChI=1S/C16H22N2/c1-13(2)7-5-8-14(3)11-17-12-16-10-6-9-15(4)18-16/h5-10,17H,3,11-12H2,1-2,4H3/b8-5-. The van der Waals surface area contributed by atoms with Crippen LogP contribution >= 0.6 is 0 Å². The molecule has 0 saturated carbocycles. The molecule has 0 aromatic carbocycles. The molecule has 0 unspecified atom stereocenters. The van der Waals surface area contributed by atoms with Gasteiger partial charge in [-0.2, -0.15) is 0 Å². The highest BCUT2D eigenvalue weighted by atomic mass is 14.9. The molecule has 0 spiro atoms. The van der Waals surface area contributed by atoms with Crippen molar-refractivity contribution < 1.29 is 0 Å². The molecule has 0 amide bonds. The number of allylic oxidation sites excluding steroid dienone is 3. The minimum Gasteiger partial charge on any atom is -0.307 e. The first kappa shape index (κ1) is 14.4. The molecule has 2 heteroatoms. The summed E-state index contributed by atoms with van der Waals surface area (Å²) in [5.74, 6) is 0. The van der Waals surface area contributed by atoms with Crippen LogP contribution in [0.2, 0.25) is 0 Å². The van der Waals surface area contributed by atoms with Crippen LogP contribution in [0.5, 0.6) is 0 Å². The lowest BCUT2D eigenvalue weighted by atomic mass is 10.2. The number of nitrogens with one attached hydrogen (secondary N) is 1. The second-order valence-electron chi connectivity index (χ2n) is 4.64. The van der Waals surface area contributed by atoms with Gasteiger partial charge in [0.15, 0.2) is 0 Å². The minimum atomic E-state index is 0.775. The van der Waals surface area contributed by atoms with E-state index in [4.69, 9.17) is 0 Å². The van der Waals surface area contributed by atoms with E-state index in [1.807, 2.05) is 37.3 Å². The third-order valence-electron chi connectivity index (χ3n) is 2.37. The zero-order chi connectivity index (χ0) is 13.4. The highest BCUT2D eigenvalue weighted by molar-refractivity contribution is 5.22. The van der Waals surface area contributed by atoms with Crippen LogP contribution in [-0.2, 0) is 6.54 Å². The fraction of sp³-hybridized carbons (Fsp3) is 0.312. The minimum absolute atomic E-state index is 0.775.